The minimum absolute atomic E-state index is 0.277. The molecule has 0 saturated heterocycles. The molecule has 120 valence electrons. The fraction of sp³-hybridized carbons (Fsp3) is 0.300. The first kappa shape index (κ1) is 16.7. The molecule has 1 aliphatic rings. The van der Waals surface area contributed by atoms with Crippen LogP contribution in [0.1, 0.15) is 27.7 Å². The quantitative estimate of drug-likeness (QED) is 0.639. The van der Waals surface area contributed by atoms with E-state index in [0.717, 1.165) is 0 Å². The van der Waals surface area contributed by atoms with Gasteiger partial charge in [0.05, 0.1) is 11.2 Å². The van der Waals surface area contributed by atoms with Gasteiger partial charge in [-0.15, -0.1) is 0 Å². The van der Waals surface area contributed by atoms with Gasteiger partial charge in [0.2, 0.25) is 0 Å². The number of hydrogen-bond acceptors (Lipinski definition) is 3. The van der Waals surface area contributed by atoms with Crippen molar-refractivity contribution in [1.82, 2.24) is 0 Å². The summed E-state index contributed by atoms with van der Waals surface area (Å²) in [5, 5.41) is 0. The van der Waals surface area contributed by atoms with E-state index in [9.17, 15) is 0 Å². The summed E-state index contributed by atoms with van der Waals surface area (Å²) in [6.45, 7) is 8.66. The summed E-state index contributed by atoms with van der Waals surface area (Å²) in [5.41, 5.74) is -0.553. The molecule has 0 saturated carbocycles. The molecule has 23 heavy (non-hydrogen) atoms. The van der Waals surface area contributed by atoms with Crippen molar-refractivity contribution in [1.29, 1.82) is 0 Å². The van der Waals surface area contributed by atoms with E-state index >= 15 is 0 Å². The summed E-state index contributed by atoms with van der Waals surface area (Å²) in [4.78, 5) is 5.12. The lowest BCUT2D eigenvalue weighted by molar-refractivity contribution is -0.0508. The van der Waals surface area contributed by atoms with Crippen molar-refractivity contribution in [3.8, 4) is 0 Å². The van der Waals surface area contributed by atoms with Crippen LogP contribution in [0.4, 0.5) is 0 Å². The summed E-state index contributed by atoms with van der Waals surface area (Å²) in [7, 11) is 0. The molecule has 0 amide bonds. The maximum atomic E-state index is 6.39. The van der Waals surface area contributed by atoms with Gasteiger partial charge in [-0.2, -0.15) is 0 Å². The molecule has 1 heterocycles. The van der Waals surface area contributed by atoms with Gasteiger partial charge in [-0.1, -0.05) is 59.9 Å². The zero-order valence-electron chi connectivity index (χ0n) is 14.0. The highest BCUT2D eigenvalue weighted by atomic mass is 32.2. The lowest BCUT2D eigenvalue weighted by Gasteiger charge is -2.27. The molecule has 2 aromatic carbocycles. The lowest BCUT2D eigenvalue weighted by Crippen LogP contribution is -2.29. The Balaban J connectivity index is 2.01. The van der Waals surface area contributed by atoms with Crippen molar-refractivity contribution in [3.05, 3.63) is 70.5 Å². The van der Waals surface area contributed by atoms with Crippen molar-refractivity contribution in [2.75, 3.05) is 0 Å². The first-order valence-electron chi connectivity index (χ1n) is 7.80. The fourth-order valence-corrected chi connectivity index (χ4v) is 5.39. The van der Waals surface area contributed by atoms with Crippen LogP contribution in [0.2, 0.25) is 0 Å². The van der Waals surface area contributed by atoms with Gasteiger partial charge in [0.1, 0.15) is 0 Å². The van der Waals surface area contributed by atoms with Crippen LogP contribution < -0.4 is 0 Å². The van der Waals surface area contributed by atoms with Crippen molar-refractivity contribution in [2.45, 2.75) is 48.7 Å². The molecule has 1 nitrogen and oxygen atoms in total. The number of ether oxygens (including phenoxy) is 1. The SMILES string of the molecule is CC1(C)OC(C)(C)C(Sc2ccccc2)=C1Sc1ccccc1. The summed E-state index contributed by atoms with van der Waals surface area (Å²) in [6, 6.07) is 21.1. The zero-order chi connectivity index (χ0) is 16.5. The van der Waals surface area contributed by atoms with Crippen molar-refractivity contribution < 1.29 is 4.74 Å². The molecule has 0 radical (unpaired) electrons. The standard InChI is InChI=1S/C20H22OS2/c1-19(2)17(22-15-11-7-5-8-12-15)18(20(3,4)21-19)23-16-13-9-6-10-14-16/h5-14H,1-4H3. The lowest BCUT2D eigenvalue weighted by atomic mass is 10.1. The summed E-state index contributed by atoms with van der Waals surface area (Å²) in [5.74, 6) is 0. The minimum atomic E-state index is -0.277. The van der Waals surface area contributed by atoms with E-state index in [1.165, 1.54) is 19.6 Å². The Morgan fingerprint density at radius 1 is 0.609 bits per heavy atom. The van der Waals surface area contributed by atoms with E-state index in [4.69, 9.17) is 4.74 Å². The average molecular weight is 343 g/mol. The molecule has 0 aliphatic carbocycles. The molecule has 2 aromatic rings. The fourth-order valence-electron chi connectivity index (χ4n) is 2.83. The number of thioether (sulfide) groups is 2. The van der Waals surface area contributed by atoms with Crippen LogP contribution in [0.25, 0.3) is 0 Å². The van der Waals surface area contributed by atoms with Crippen molar-refractivity contribution in [3.63, 3.8) is 0 Å². The molecule has 0 bridgehead atoms. The second-order valence-corrected chi connectivity index (χ2v) is 8.78. The van der Waals surface area contributed by atoms with Crippen LogP contribution in [-0.2, 0) is 4.74 Å². The Kier molecular flexibility index (Phi) is 4.63. The third-order valence-corrected chi connectivity index (χ3v) is 6.68. The van der Waals surface area contributed by atoms with Gasteiger partial charge in [0.15, 0.2) is 0 Å². The van der Waals surface area contributed by atoms with Crippen LogP contribution in [0.3, 0.4) is 0 Å². The van der Waals surface area contributed by atoms with E-state index < -0.39 is 0 Å². The van der Waals surface area contributed by atoms with Gasteiger partial charge in [0, 0.05) is 19.6 Å². The molecular formula is C20H22OS2. The molecular weight excluding hydrogens is 320 g/mol. The normalized spacial score (nSPS) is 19.1. The first-order valence-corrected chi connectivity index (χ1v) is 9.43. The van der Waals surface area contributed by atoms with Gasteiger partial charge < -0.3 is 4.74 Å². The van der Waals surface area contributed by atoms with Crippen LogP contribution in [0.15, 0.2) is 80.3 Å². The smallest absolute Gasteiger partial charge is 0.0957 e. The zero-order valence-corrected chi connectivity index (χ0v) is 15.6. The topological polar surface area (TPSA) is 9.23 Å². The highest BCUT2D eigenvalue weighted by Crippen LogP contribution is 2.54. The largest absolute Gasteiger partial charge is 0.359 e. The number of rotatable bonds is 4. The first-order chi connectivity index (χ1) is 10.9. The molecule has 1 aliphatic heterocycles. The van der Waals surface area contributed by atoms with Crippen LogP contribution in [0, 0.1) is 0 Å². The molecule has 0 fully saturated rings. The van der Waals surface area contributed by atoms with Crippen LogP contribution in [-0.4, -0.2) is 11.2 Å². The molecule has 3 heteroatoms. The van der Waals surface area contributed by atoms with Crippen LogP contribution >= 0.6 is 23.5 Å². The molecule has 3 rings (SSSR count). The number of benzene rings is 2. The molecule has 0 atom stereocenters. The molecule has 0 spiro atoms. The second kappa shape index (κ2) is 6.39. The van der Waals surface area contributed by atoms with E-state index in [1.807, 2.05) is 23.5 Å². The maximum absolute atomic E-state index is 6.39. The number of hydrogen-bond donors (Lipinski definition) is 0. The maximum Gasteiger partial charge on any atom is 0.0957 e. The summed E-state index contributed by atoms with van der Waals surface area (Å²) >= 11 is 3.64. The predicted octanol–water partition coefficient (Wildman–Crippen LogP) is 6.37. The van der Waals surface area contributed by atoms with Crippen molar-refractivity contribution >= 4 is 23.5 Å². The molecule has 0 aromatic heterocycles. The highest BCUT2D eigenvalue weighted by Gasteiger charge is 2.46. The van der Waals surface area contributed by atoms with E-state index in [-0.39, 0.29) is 11.2 Å². The van der Waals surface area contributed by atoms with E-state index in [0.29, 0.717) is 0 Å². The average Bonchev–Trinajstić information content (AvgIpc) is 2.67. The third-order valence-electron chi connectivity index (χ3n) is 3.74. The Morgan fingerprint density at radius 2 is 0.957 bits per heavy atom. The minimum Gasteiger partial charge on any atom is -0.359 e. The van der Waals surface area contributed by atoms with E-state index in [2.05, 4.69) is 88.4 Å². The summed E-state index contributed by atoms with van der Waals surface area (Å²) in [6.07, 6.45) is 0. The highest BCUT2D eigenvalue weighted by molar-refractivity contribution is 8.07. The Morgan fingerprint density at radius 3 is 1.30 bits per heavy atom. The van der Waals surface area contributed by atoms with Crippen molar-refractivity contribution in [2.24, 2.45) is 0 Å². The van der Waals surface area contributed by atoms with Gasteiger partial charge >= 0.3 is 0 Å². The molecule has 0 N–H and O–H groups in total. The van der Waals surface area contributed by atoms with Crippen LogP contribution in [0.5, 0.6) is 0 Å². The van der Waals surface area contributed by atoms with Gasteiger partial charge in [-0.25, -0.2) is 0 Å². The van der Waals surface area contributed by atoms with Gasteiger partial charge in [-0.05, 0) is 52.0 Å². The molecule has 0 unspecified atom stereocenters. The summed E-state index contributed by atoms with van der Waals surface area (Å²) < 4.78 is 6.39. The Labute approximate surface area is 147 Å². The Bertz CT molecular complexity index is 641. The van der Waals surface area contributed by atoms with E-state index in [1.54, 1.807) is 0 Å². The Hall–Kier alpha value is -1.16. The van der Waals surface area contributed by atoms with Gasteiger partial charge in [0.25, 0.3) is 0 Å². The monoisotopic (exact) mass is 342 g/mol. The second-order valence-electron chi connectivity index (χ2n) is 6.61. The third kappa shape index (κ3) is 3.68. The van der Waals surface area contributed by atoms with Gasteiger partial charge in [-0.3, -0.25) is 0 Å². The predicted molar refractivity (Wildman–Crippen MR) is 101 cm³/mol.